The van der Waals surface area contributed by atoms with E-state index < -0.39 is 26.8 Å². The fourth-order valence-electron chi connectivity index (χ4n) is 2.44. The summed E-state index contributed by atoms with van der Waals surface area (Å²) < 4.78 is 40.3. The van der Waals surface area contributed by atoms with Gasteiger partial charge in [-0.1, -0.05) is 33.6 Å². The number of alkyl halides is 1. The molecule has 2 aliphatic rings. The van der Waals surface area contributed by atoms with Gasteiger partial charge in [0.1, 0.15) is 12.2 Å². The monoisotopic (exact) mass is 362 g/mol. The average molecular weight is 363 g/mol. The molecule has 2 fully saturated rings. The molecule has 2 heterocycles. The van der Waals surface area contributed by atoms with E-state index in [9.17, 15) is 8.42 Å². The highest BCUT2D eigenvalue weighted by molar-refractivity contribution is 9.10. The van der Waals surface area contributed by atoms with Gasteiger partial charge in [0.05, 0.1) is 18.1 Å². The highest BCUT2D eigenvalue weighted by Crippen LogP contribution is 2.43. The third-order valence-electron chi connectivity index (χ3n) is 3.55. The third kappa shape index (κ3) is 2.53. The number of ether oxygens (including phenoxy) is 2. The van der Waals surface area contributed by atoms with E-state index in [4.69, 9.17) is 13.7 Å². The Labute approximate surface area is 126 Å². The maximum absolute atomic E-state index is 12.2. The van der Waals surface area contributed by atoms with Gasteiger partial charge in [-0.3, -0.25) is 4.18 Å². The fraction of sp³-hybridized carbons (Fsp3) is 0.538. The molecule has 5 nitrogen and oxygen atoms in total. The molecule has 0 N–H and O–H groups in total. The summed E-state index contributed by atoms with van der Waals surface area (Å²) in [5.74, 6) is 0. The van der Waals surface area contributed by atoms with Crippen LogP contribution in [0.15, 0.2) is 29.2 Å². The van der Waals surface area contributed by atoms with Crippen molar-refractivity contribution in [1.82, 2.24) is 0 Å². The summed E-state index contributed by atoms with van der Waals surface area (Å²) in [6, 6.07) is 6.55. The lowest BCUT2D eigenvalue weighted by Crippen LogP contribution is -2.36. The first-order valence-corrected chi connectivity index (χ1v) is 8.55. The molecule has 3 atom stereocenters. The molecule has 20 heavy (non-hydrogen) atoms. The quantitative estimate of drug-likeness (QED) is 0.607. The molecule has 0 saturated carbocycles. The van der Waals surface area contributed by atoms with Crippen LogP contribution in [0.4, 0.5) is 0 Å². The maximum Gasteiger partial charge on any atom is 0.297 e. The van der Waals surface area contributed by atoms with Crippen molar-refractivity contribution in [2.45, 2.75) is 35.0 Å². The van der Waals surface area contributed by atoms with Gasteiger partial charge >= 0.3 is 0 Å². The SMILES string of the molecule is Cc1ccc(S(=O)(=O)OC2CO[C@]3(Br)CCOC23)cc1. The summed E-state index contributed by atoms with van der Waals surface area (Å²) in [6.07, 6.45) is -0.340. The molecule has 2 aliphatic heterocycles. The highest BCUT2D eigenvalue weighted by Gasteiger charge is 2.54. The lowest BCUT2D eigenvalue weighted by atomic mass is 10.1. The summed E-state index contributed by atoms with van der Waals surface area (Å²) in [4.78, 5) is 0.146. The molecule has 2 unspecified atom stereocenters. The molecule has 0 aliphatic carbocycles. The summed E-state index contributed by atoms with van der Waals surface area (Å²) in [6.45, 7) is 2.62. The Morgan fingerprint density at radius 1 is 1.35 bits per heavy atom. The number of rotatable bonds is 3. The molecule has 2 saturated heterocycles. The van der Waals surface area contributed by atoms with Crippen LogP contribution in [0.25, 0.3) is 0 Å². The van der Waals surface area contributed by atoms with Crippen LogP contribution in [-0.2, 0) is 23.8 Å². The summed E-state index contributed by atoms with van der Waals surface area (Å²) in [7, 11) is -3.81. The van der Waals surface area contributed by atoms with Crippen LogP contribution < -0.4 is 0 Å². The number of benzene rings is 1. The Morgan fingerprint density at radius 2 is 2.05 bits per heavy atom. The maximum atomic E-state index is 12.2. The van der Waals surface area contributed by atoms with Gasteiger partial charge in [0.25, 0.3) is 10.1 Å². The highest BCUT2D eigenvalue weighted by atomic mass is 79.9. The number of halogens is 1. The van der Waals surface area contributed by atoms with E-state index in [1.165, 1.54) is 12.1 Å². The van der Waals surface area contributed by atoms with Crippen molar-refractivity contribution in [3.8, 4) is 0 Å². The van der Waals surface area contributed by atoms with Crippen LogP contribution in [0.3, 0.4) is 0 Å². The predicted molar refractivity (Wildman–Crippen MR) is 75.2 cm³/mol. The van der Waals surface area contributed by atoms with Crippen molar-refractivity contribution >= 4 is 26.0 Å². The van der Waals surface area contributed by atoms with Crippen molar-refractivity contribution in [2.75, 3.05) is 13.2 Å². The van der Waals surface area contributed by atoms with Gasteiger partial charge in [-0.05, 0) is 19.1 Å². The van der Waals surface area contributed by atoms with Crippen molar-refractivity contribution in [2.24, 2.45) is 0 Å². The standard InChI is InChI=1S/C13H15BrO5S/c1-9-2-4-10(5-3-9)20(15,16)19-11-8-18-13(14)6-7-17-12(11)13/h2-5,11-12H,6-8H2,1H3/t11?,12?,13-/m1/s1. The van der Waals surface area contributed by atoms with Crippen molar-refractivity contribution in [3.63, 3.8) is 0 Å². The van der Waals surface area contributed by atoms with E-state index >= 15 is 0 Å². The zero-order valence-corrected chi connectivity index (χ0v) is 13.3. The van der Waals surface area contributed by atoms with E-state index in [1.807, 2.05) is 6.92 Å². The van der Waals surface area contributed by atoms with Crippen molar-refractivity contribution < 1.29 is 22.1 Å². The first-order chi connectivity index (χ1) is 9.41. The lowest BCUT2D eigenvalue weighted by molar-refractivity contribution is 0.0285. The van der Waals surface area contributed by atoms with Gasteiger partial charge < -0.3 is 9.47 Å². The number of hydrogen-bond donors (Lipinski definition) is 0. The normalized spacial score (nSPS) is 33.3. The van der Waals surface area contributed by atoms with E-state index in [2.05, 4.69) is 15.9 Å². The minimum atomic E-state index is -3.81. The molecule has 0 bridgehead atoms. The van der Waals surface area contributed by atoms with Crippen molar-refractivity contribution in [3.05, 3.63) is 29.8 Å². The van der Waals surface area contributed by atoms with Gasteiger partial charge in [0, 0.05) is 6.42 Å². The van der Waals surface area contributed by atoms with E-state index in [0.717, 1.165) is 5.56 Å². The summed E-state index contributed by atoms with van der Waals surface area (Å²) >= 11 is 3.46. The molecule has 0 amide bonds. The number of aryl methyl sites for hydroxylation is 1. The van der Waals surface area contributed by atoms with Crippen LogP contribution in [0.1, 0.15) is 12.0 Å². The van der Waals surface area contributed by atoms with E-state index in [1.54, 1.807) is 12.1 Å². The van der Waals surface area contributed by atoms with Crippen LogP contribution >= 0.6 is 15.9 Å². The predicted octanol–water partition coefficient (Wildman–Crippen LogP) is 1.98. The molecule has 0 aromatic heterocycles. The molecule has 1 aromatic rings. The lowest BCUT2D eigenvalue weighted by Gasteiger charge is -2.20. The van der Waals surface area contributed by atoms with Crippen LogP contribution in [-0.4, -0.2) is 38.3 Å². The molecule has 7 heteroatoms. The van der Waals surface area contributed by atoms with Crippen molar-refractivity contribution in [1.29, 1.82) is 0 Å². The summed E-state index contributed by atoms with van der Waals surface area (Å²) in [5.41, 5.74) is 0.992. The first kappa shape index (κ1) is 14.5. The number of hydrogen-bond acceptors (Lipinski definition) is 5. The third-order valence-corrected chi connectivity index (χ3v) is 5.98. The Bertz CT molecular complexity index is 600. The Hall–Kier alpha value is -0.470. The van der Waals surface area contributed by atoms with E-state index in [0.29, 0.717) is 13.0 Å². The van der Waals surface area contributed by atoms with Crippen LogP contribution in [0.5, 0.6) is 0 Å². The van der Waals surface area contributed by atoms with Gasteiger partial charge in [0.2, 0.25) is 0 Å². The Kier molecular flexibility index (Phi) is 3.66. The second-order valence-electron chi connectivity index (χ2n) is 5.04. The van der Waals surface area contributed by atoms with Gasteiger partial charge in [0.15, 0.2) is 4.51 Å². The molecule has 3 rings (SSSR count). The second kappa shape index (κ2) is 5.06. The van der Waals surface area contributed by atoms with Gasteiger partial charge in [-0.15, -0.1) is 0 Å². The summed E-state index contributed by atoms with van der Waals surface area (Å²) in [5, 5.41) is 0. The Morgan fingerprint density at radius 3 is 2.75 bits per heavy atom. The molecular weight excluding hydrogens is 348 g/mol. The zero-order valence-electron chi connectivity index (χ0n) is 10.9. The minimum absolute atomic E-state index is 0.146. The zero-order chi connectivity index (χ0) is 14.4. The molecule has 0 spiro atoms. The van der Waals surface area contributed by atoms with E-state index in [-0.39, 0.29) is 11.5 Å². The van der Waals surface area contributed by atoms with Crippen LogP contribution in [0.2, 0.25) is 0 Å². The molecular formula is C13H15BrO5S. The smallest absolute Gasteiger partial charge is 0.297 e. The second-order valence-corrected chi connectivity index (χ2v) is 7.95. The molecule has 110 valence electrons. The molecule has 0 radical (unpaired) electrons. The topological polar surface area (TPSA) is 61.8 Å². The average Bonchev–Trinajstić information content (AvgIpc) is 2.89. The van der Waals surface area contributed by atoms with Crippen LogP contribution in [0, 0.1) is 6.92 Å². The Balaban J connectivity index is 1.79. The first-order valence-electron chi connectivity index (χ1n) is 6.35. The largest absolute Gasteiger partial charge is 0.371 e. The fourth-order valence-corrected chi connectivity index (χ4v) is 4.22. The van der Waals surface area contributed by atoms with Gasteiger partial charge in [-0.2, -0.15) is 8.42 Å². The molecule has 1 aromatic carbocycles. The number of fused-ring (bicyclic) bond motifs is 1. The minimum Gasteiger partial charge on any atom is -0.371 e. The van der Waals surface area contributed by atoms with Gasteiger partial charge in [-0.25, -0.2) is 0 Å².